The summed E-state index contributed by atoms with van der Waals surface area (Å²) in [5, 5.41) is 21.5. The monoisotopic (exact) mass is 507 g/mol. The minimum absolute atomic E-state index is 0.118. The Labute approximate surface area is 203 Å². The number of aromatic hydroxyl groups is 1. The van der Waals surface area contributed by atoms with Crippen LogP contribution in [0, 0.1) is 0 Å². The molecule has 4 aromatic rings. The molecule has 0 fully saturated rings. The van der Waals surface area contributed by atoms with Crippen LogP contribution in [0.2, 0.25) is 0 Å². The van der Waals surface area contributed by atoms with Crippen LogP contribution in [0.15, 0.2) is 60.7 Å². The molecule has 0 amide bonds. The molecule has 33 heavy (non-hydrogen) atoms. The van der Waals surface area contributed by atoms with Crippen molar-refractivity contribution in [1.82, 2.24) is 15.0 Å². The Kier molecular flexibility index (Phi) is 6.23. The van der Waals surface area contributed by atoms with Gasteiger partial charge in [0, 0.05) is 16.3 Å². The summed E-state index contributed by atoms with van der Waals surface area (Å²) in [5.74, 6) is 1.02. The van der Waals surface area contributed by atoms with Gasteiger partial charge in [0.05, 0.1) is 6.61 Å². The molecule has 0 saturated carbocycles. The minimum atomic E-state index is -0.458. The highest BCUT2D eigenvalue weighted by atomic mass is 79.9. The van der Waals surface area contributed by atoms with E-state index in [1.165, 1.54) is 0 Å². The fourth-order valence-corrected chi connectivity index (χ4v) is 4.09. The molecule has 0 spiro atoms. The summed E-state index contributed by atoms with van der Waals surface area (Å²) in [6, 6.07) is 19.9. The van der Waals surface area contributed by atoms with E-state index in [1.54, 1.807) is 4.80 Å². The molecule has 5 nitrogen and oxygen atoms in total. The molecule has 0 radical (unpaired) electrons. The number of aromatic nitrogens is 3. The average Bonchev–Trinajstić information content (AvgIpc) is 3.21. The number of phenols is 1. The SMILES string of the molecule is CC(C)(C)c1cc(-n2nc3ccccc3n2)c(O)c(C(C)(C)c2ccc(OCCBr)cc2)c1. The molecule has 0 bridgehead atoms. The number of benzene rings is 3. The number of nitrogens with zero attached hydrogens (tertiary/aromatic N) is 3. The van der Waals surface area contributed by atoms with Crippen molar-refractivity contribution in [3.63, 3.8) is 0 Å². The lowest BCUT2D eigenvalue weighted by molar-refractivity contribution is 0.345. The Balaban J connectivity index is 1.85. The van der Waals surface area contributed by atoms with Crippen LogP contribution in [0.4, 0.5) is 0 Å². The van der Waals surface area contributed by atoms with Gasteiger partial charge >= 0.3 is 0 Å². The minimum Gasteiger partial charge on any atom is -0.505 e. The average molecular weight is 508 g/mol. The van der Waals surface area contributed by atoms with Crippen LogP contribution in [0.1, 0.15) is 51.3 Å². The highest BCUT2D eigenvalue weighted by Crippen LogP contribution is 2.42. The van der Waals surface area contributed by atoms with Gasteiger partial charge in [-0.15, -0.1) is 15.0 Å². The lowest BCUT2D eigenvalue weighted by atomic mass is 9.75. The van der Waals surface area contributed by atoms with E-state index in [1.807, 2.05) is 42.5 Å². The van der Waals surface area contributed by atoms with Crippen LogP contribution >= 0.6 is 15.9 Å². The number of hydrogen-bond acceptors (Lipinski definition) is 4. The van der Waals surface area contributed by atoms with E-state index in [9.17, 15) is 5.11 Å². The van der Waals surface area contributed by atoms with Gasteiger partial charge in [-0.1, -0.05) is 80.9 Å². The summed E-state index contributed by atoms with van der Waals surface area (Å²) in [6.45, 7) is 11.4. The van der Waals surface area contributed by atoms with Gasteiger partial charge in [-0.3, -0.25) is 0 Å². The standard InChI is InChI=1S/C27H30BrN3O2/c1-26(2,3)19-16-21(27(4,5)18-10-12-20(13-11-18)33-15-14-28)25(32)24(17-19)31-29-22-8-6-7-9-23(22)30-31/h6-13,16-17,32H,14-15H2,1-5H3. The molecular weight excluding hydrogens is 478 g/mol. The molecular formula is C27H30BrN3O2. The number of hydrogen-bond donors (Lipinski definition) is 1. The van der Waals surface area contributed by atoms with Gasteiger partial charge in [0.1, 0.15) is 28.2 Å². The third-order valence-corrected chi connectivity index (χ3v) is 6.38. The van der Waals surface area contributed by atoms with Crippen molar-refractivity contribution in [2.75, 3.05) is 11.9 Å². The summed E-state index contributed by atoms with van der Waals surface area (Å²) in [7, 11) is 0. The van der Waals surface area contributed by atoms with Crippen LogP contribution in [0.5, 0.6) is 11.5 Å². The topological polar surface area (TPSA) is 60.2 Å². The Bertz CT molecular complexity index is 1240. The van der Waals surface area contributed by atoms with Gasteiger partial charge in [-0.2, -0.15) is 0 Å². The fraction of sp³-hybridized carbons (Fsp3) is 0.333. The zero-order chi connectivity index (χ0) is 23.8. The predicted octanol–water partition coefficient (Wildman–Crippen LogP) is 6.52. The molecule has 0 saturated heterocycles. The van der Waals surface area contributed by atoms with E-state index in [-0.39, 0.29) is 11.2 Å². The van der Waals surface area contributed by atoms with Gasteiger partial charge in [0.25, 0.3) is 0 Å². The first-order valence-corrected chi connectivity index (χ1v) is 12.2. The van der Waals surface area contributed by atoms with Gasteiger partial charge in [0.15, 0.2) is 0 Å². The highest BCUT2D eigenvalue weighted by Gasteiger charge is 2.31. The molecule has 0 aliphatic heterocycles. The van der Waals surface area contributed by atoms with Crippen LogP contribution in [0.3, 0.4) is 0 Å². The van der Waals surface area contributed by atoms with Gasteiger partial charge < -0.3 is 9.84 Å². The Morgan fingerprint density at radius 3 is 2.03 bits per heavy atom. The molecule has 0 atom stereocenters. The summed E-state index contributed by atoms with van der Waals surface area (Å²) in [4.78, 5) is 1.55. The number of phenolic OH excluding ortho intramolecular Hbond substituents is 1. The molecule has 3 aromatic carbocycles. The van der Waals surface area contributed by atoms with Crippen LogP contribution < -0.4 is 4.74 Å². The number of fused-ring (bicyclic) bond motifs is 1. The summed E-state index contributed by atoms with van der Waals surface area (Å²) in [5.41, 5.74) is 4.61. The molecule has 0 aliphatic rings. The third-order valence-electron chi connectivity index (χ3n) is 6.05. The molecule has 1 heterocycles. The summed E-state index contributed by atoms with van der Waals surface area (Å²) < 4.78 is 5.71. The molecule has 1 aromatic heterocycles. The first-order valence-electron chi connectivity index (χ1n) is 11.1. The highest BCUT2D eigenvalue weighted by molar-refractivity contribution is 9.09. The number of halogens is 1. The Hall–Kier alpha value is -2.86. The second-order valence-electron chi connectivity index (χ2n) is 9.81. The van der Waals surface area contributed by atoms with Crippen molar-refractivity contribution in [2.24, 2.45) is 0 Å². The van der Waals surface area contributed by atoms with E-state index in [4.69, 9.17) is 4.74 Å². The van der Waals surface area contributed by atoms with Crippen molar-refractivity contribution >= 4 is 27.0 Å². The molecule has 0 aliphatic carbocycles. The number of rotatable bonds is 6. The number of alkyl halides is 1. The van der Waals surface area contributed by atoms with Crippen molar-refractivity contribution in [3.05, 3.63) is 77.4 Å². The van der Waals surface area contributed by atoms with Gasteiger partial charge in [0.2, 0.25) is 0 Å². The lowest BCUT2D eigenvalue weighted by Gasteiger charge is -2.30. The number of ether oxygens (including phenoxy) is 1. The lowest BCUT2D eigenvalue weighted by Crippen LogP contribution is -2.22. The van der Waals surface area contributed by atoms with Crippen molar-refractivity contribution in [1.29, 1.82) is 0 Å². The van der Waals surface area contributed by atoms with Crippen LogP contribution in [-0.2, 0) is 10.8 Å². The zero-order valence-corrected chi connectivity index (χ0v) is 21.3. The normalized spacial score (nSPS) is 12.3. The molecule has 172 valence electrons. The maximum absolute atomic E-state index is 11.5. The summed E-state index contributed by atoms with van der Waals surface area (Å²) in [6.07, 6.45) is 0. The first-order chi connectivity index (χ1) is 15.6. The van der Waals surface area contributed by atoms with E-state index >= 15 is 0 Å². The van der Waals surface area contributed by atoms with Crippen molar-refractivity contribution in [2.45, 2.75) is 45.4 Å². The summed E-state index contributed by atoms with van der Waals surface area (Å²) >= 11 is 3.39. The third kappa shape index (κ3) is 4.62. The predicted molar refractivity (Wildman–Crippen MR) is 137 cm³/mol. The quantitative estimate of drug-likeness (QED) is 0.301. The van der Waals surface area contributed by atoms with Crippen LogP contribution in [-0.4, -0.2) is 32.0 Å². The Morgan fingerprint density at radius 2 is 1.48 bits per heavy atom. The second-order valence-corrected chi connectivity index (χ2v) is 10.6. The Morgan fingerprint density at radius 1 is 0.879 bits per heavy atom. The second kappa shape index (κ2) is 8.82. The van der Waals surface area contributed by atoms with E-state index in [0.717, 1.165) is 38.8 Å². The van der Waals surface area contributed by atoms with Gasteiger partial charge in [-0.05, 0) is 46.9 Å². The van der Waals surface area contributed by atoms with Crippen molar-refractivity contribution < 1.29 is 9.84 Å². The van der Waals surface area contributed by atoms with E-state index in [2.05, 4.69) is 78.9 Å². The van der Waals surface area contributed by atoms with E-state index < -0.39 is 5.41 Å². The van der Waals surface area contributed by atoms with E-state index in [0.29, 0.717) is 12.3 Å². The fourth-order valence-electron chi connectivity index (χ4n) is 3.93. The van der Waals surface area contributed by atoms with Crippen LogP contribution in [0.25, 0.3) is 16.7 Å². The zero-order valence-electron chi connectivity index (χ0n) is 19.8. The molecule has 0 unspecified atom stereocenters. The maximum atomic E-state index is 11.5. The van der Waals surface area contributed by atoms with Crippen molar-refractivity contribution in [3.8, 4) is 17.2 Å². The molecule has 6 heteroatoms. The largest absolute Gasteiger partial charge is 0.505 e. The maximum Gasteiger partial charge on any atom is 0.147 e. The van der Waals surface area contributed by atoms with Gasteiger partial charge in [-0.25, -0.2) is 0 Å². The smallest absolute Gasteiger partial charge is 0.147 e. The molecule has 4 rings (SSSR count). The molecule has 1 N–H and O–H groups in total. The first kappa shape index (κ1) is 23.3.